The first kappa shape index (κ1) is 13.6. The number of ether oxygens (including phenoxy) is 1. The first-order valence-electron chi connectivity index (χ1n) is 6.40. The van der Waals surface area contributed by atoms with Gasteiger partial charge in [-0.1, -0.05) is 17.7 Å². The number of esters is 1. The highest BCUT2D eigenvalue weighted by Gasteiger charge is 2.19. The van der Waals surface area contributed by atoms with E-state index in [-0.39, 0.29) is 17.3 Å². The Morgan fingerprint density at radius 1 is 1.33 bits per heavy atom. The number of carbonyl (C=O) groups is 1. The Labute approximate surface area is 124 Å². The molecule has 6 heteroatoms. The van der Waals surface area contributed by atoms with E-state index in [0.717, 1.165) is 0 Å². The average Bonchev–Trinajstić information content (AvgIpc) is 2.47. The molecule has 21 heavy (non-hydrogen) atoms. The van der Waals surface area contributed by atoms with E-state index in [4.69, 9.17) is 16.3 Å². The summed E-state index contributed by atoms with van der Waals surface area (Å²) in [5.41, 5.74) is 0.465. The molecule has 0 atom stereocenters. The summed E-state index contributed by atoms with van der Waals surface area (Å²) in [4.78, 5) is 28.9. The zero-order valence-corrected chi connectivity index (χ0v) is 11.9. The van der Waals surface area contributed by atoms with Crippen LogP contribution in [-0.2, 0) is 4.74 Å². The molecule has 0 saturated carbocycles. The molecule has 0 amide bonds. The molecule has 0 unspecified atom stereocenters. The molecule has 3 heterocycles. The second kappa shape index (κ2) is 5.18. The minimum Gasteiger partial charge on any atom is -0.462 e. The molecule has 0 spiro atoms. The van der Waals surface area contributed by atoms with Crippen LogP contribution in [0.15, 0.2) is 41.3 Å². The third kappa shape index (κ3) is 2.15. The number of hydrogen-bond acceptors (Lipinski definition) is 4. The topological polar surface area (TPSA) is 60.7 Å². The van der Waals surface area contributed by atoms with Crippen LogP contribution in [-0.4, -0.2) is 22.0 Å². The van der Waals surface area contributed by atoms with Crippen LogP contribution in [0, 0.1) is 0 Å². The summed E-state index contributed by atoms with van der Waals surface area (Å²) in [6.07, 6.45) is 1.73. The van der Waals surface area contributed by atoms with E-state index >= 15 is 0 Å². The van der Waals surface area contributed by atoms with Gasteiger partial charge < -0.3 is 9.14 Å². The van der Waals surface area contributed by atoms with Crippen LogP contribution in [0.3, 0.4) is 0 Å². The van der Waals surface area contributed by atoms with Crippen LogP contribution < -0.4 is 5.43 Å². The first-order chi connectivity index (χ1) is 10.1. The van der Waals surface area contributed by atoms with E-state index in [0.29, 0.717) is 16.6 Å². The van der Waals surface area contributed by atoms with Crippen molar-refractivity contribution >= 4 is 34.1 Å². The van der Waals surface area contributed by atoms with E-state index in [1.807, 2.05) is 0 Å². The highest BCUT2D eigenvalue weighted by atomic mass is 35.5. The van der Waals surface area contributed by atoms with Gasteiger partial charge in [-0.05, 0) is 31.2 Å². The Morgan fingerprint density at radius 2 is 2.14 bits per heavy atom. The van der Waals surface area contributed by atoms with Crippen LogP contribution in [0.5, 0.6) is 0 Å². The number of nitrogens with zero attached hydrogens (tertiary/aromatic N) is 2. The predicted octanol–water partition coefficient (Wildman–Crippen LogP) is 2.68. The van der Waals surface area contributed by atoms with E-state index in [2.05, 4.69) is 4.98 Å². The number of pyridine rings is 3. The molecule has 0 radical (unpaired) electrons. The summed E-state index contributed by atoms with van der Waals surface area (Å²) >= 11 is 5.91. The van der Waals surface area contributed by atoms with Gasteiger partial charge in [0.05, 0.1) is 17.5 Å². The van der Waals surface area contributed by atoms with Crippen molar-refractivity contribution in [3.63, 3.8) is 0 Å². The maximum Gasteiger partial charge on any atom is 0.344 e. The summed E-state index contributed by atoms with van der Waals surface area (Å²) < 4.78 is 6.65. The summed E-state index contributed by atoms with van der Waals surface area (Å²) in [7, 11) is 0. The van der Waals surface area contributed by atoms with Gasteiger partial charge in [0.2, 0.25) is 5.43 Å². The SMILES string of the molecule is CCOC(=O)c1c(=O)c2ccc(Cl)nc2n2ccccc12. The average molecular weight is 303 g/mol. The van der Waals surface area contributed by atoms with Gasteiger partial charge in [-0.2, -0.15) is 0 Å². The Kier molecular flexibility index (Phi) is 3.35. The third-order valence-electron chi connectivity index (χ3n) is 3.14. The maximum atomic E-state index is 12.6. The minimum absolute atomic E-state index is 0.00840. The van der Waals surface area contributed by atoms with Gasteiger partial charge in [0.15, 0.2) is 0 Å². The van der Waals surface area contributed by atoms with Crippen molar-refractivity contribution in [3.05, 3.63) is 57.5 Å². The predicted molar refractivity (Wildman–Crippen MR) is 79.9 cm³/mol. The smallest absolute Gasteiger partial charge is 0.344 e. The summed E-state index contributed by atoms with van der Waals surface area (Å²) in [6.45, 7) is 1.90. The largest absolute Gasteiger partial charge is 0.462 e. The highest BCUT2D eigenvalue weighted by Crippen LogP contribution is 2.18. The molecule has 3 aromatic heterocycles. The van der Waals surface area contributed by atoms with Crippen LogP contribution in [0.4, 0.5) is 0 Å². The zero-order chi connectivity index (χ0) is 15.0. The van der Waals surface area contributed by atoms with Crippen molar-refractivity contribution in [1.29, 1.82) is 0 Å². The van der Waals surface area contributed by atoms with Crippen LogP contribution in [0.25, 0.3) is 16.6 Å². The van der Waals surface area contributed by atoms with Crippen LogP contribution >= 0.6 is 11.6 Å². The lowest BCUT2D eigenvalue weighted by molar-refractivity contribution is 0.0527. The number of aromatic nitrogens is 2. The molecule has 3 rings (SSSR count). The number of halogens is 1. The van der Waals surface area contributed by atoms with Crippen LogP contribution in [0.1, 0.15) is 17.3 Å². The number of rotatable bonds is 2. The van der Waals surface area contributed by atoms with Gasteiger partial charge >= 0.3 is 5.97 Å². The molecule has 106 valence electrons. The monoisotopic (exact) mass is 302 g/mol. The summed E-state index contributed by atoms with van der Waals surface area (Å²) in [5, 5.41) is 0.606. The maximum absolute atomic E-state index is 12.6. The Bertz CT molecular complexity index is 918. The molecule has 0 saturated heterocycles. The lowest BCUT2D eigenvalue weighted by atomic mass is 10.1. The fraction of sp³-hybridized carbons (Fsp3) is 0.133. The summed E-state index contributed by atoms with van der Waals surface area (Å²) in [5.74, 6) is -0.636. The van der Waals surface area contributed by atoms with E-state index in [1.54, 1.807) is 41.8 Å². The molecule has 0 bridgehead atoms. The van der Waals surface area contributed by atoms with Gasteiger partial charge in [0, 0.05) is 6.20 Å². The van der Waals surface area contributed by atoms with Crippen molar-refractivity contribution in [3.8, 4) is 0 Å². The molecule has 0 aliphatic rings. The zero-order valence-electron chi connectivity index (χ0n) is 11.2. The lowest BCUT2D eigenvalue weighted by Gasteiger charge is -2.10. The van der Waals surface area contributed by atoms with Gasteiger partial charge in [0.25, 0.3) is 0 Å². The molecule has 5 nitrogen and oxygen atoms in total. The fourth-order valence-electron chi connectivity index (χ4n) is 2.27. The van der Waals surface area contributed by atoms with Crippen molar-refractivity contribution in [2.45, 2.75) is 6.92 Å². The lowest BCUT2D eigenvalue weighted by Crippen LogP contribution is -2.20. The highest BCUT2D eigenvalue weighted by molar-refractivity contribution is 6.29. The second-order valence-corrected chi connectivity index (χ2v) is 4.77. The van der Waals surface area contributed by atoms with E-state index in [1.165, 1.54) is 6.07 Å². The standard InChI is InChI=1S/C15H11ClN2O3/c1-2-21-15(20)12-10-5-3-4-8-18(10)14-9(13(12)19)6-7-11(16)17-14/h3-8H,2H2,1H3. The third-order valence-corrected chi connectivity index (χ3v) is 3.35. The van der Waals surface area contributed by atoms with Crippen molar-refractivity contribution in [2.24, 2.45) is 0 Å². The van der Waals surface area contributed by atoms with Gasteiger partial charge in [-0.15, -0.1) is 0 Å². The normalized spacial score (nSPS) is 11.0. The Balaban J connectivity index is 2.52. The van der Waals surface area contributed by atoms with Crippen LogP contribution in [0.2, 0.25) is 5.15 Å². The van der Waals surface area contributed by atoms with Crippen molar-refractivity contribution in [2.75, 3.05) is 6.61 Å². The quantitative estimate of drug-likeness (QED) is 0.415. The van der Waals surface area contributed by atoms with Gasteiger partial charge in [0.1, 0.15) is 16.4 Å². The fourth-order valence-corrected chi connectivity index (χ4v) is 2.41. The Hall–Kier alpha value is -2.40. The number of carbonyl (C=O) groups excluding carboxylic acids is 1. The number of fused-ring (bicyclic) bond motifs is 3. The van der Waals surface area contributed by atoms with Crippen molar-refractivity contribution < 1.29 is 9.53 Å². The second-order valence-electron chi connectivity index (χ2n) is 4.39. The molecular formula is C15H11ClN2O3. The van der Waals surface area contributed by atoms with E-state index in [9.17, 15) is 9.59 Å². The molecule has 0 N–H and O–H groups in total. The molecule has 0 aliphatic carbocycles. The van der Waals surface area contributed by atoms with Gasteiger partial charge in [-0.25, -0.2) is 9.78 Å². The van der Waals surface area contributed by atoms with Crippen molar-refractivity contribution in [1.82, 2.24) is 9.38 Å². The summed E-state index contributed by atoms with van der Waals surface area (Å²) in [6, 6.07) is 8.29. The molecule has 0 fully saturated rings. The van der Waals surface area contributed by atoms with E-state index < -0.39 is 11.4 Å². The molecule has 0 aromatic carbocycles. The van der Waals surface area contributed by atoms with Gasteiger partial charge in [-0.3, -0.25) is 4.79 Å². The molecule has 0 aliphatic heterocycles. The molecule has 3 aromatic rings. The number of hydrogen-bond donors (Lipinski definition) is 0. The molecular weight excluding hydrogens is 292 g/mol. The first-order valence-corrected chi connectivity index (χ1v) is 6.78. The minimum atomic E-state index is -0.636. The Morgan fingerprint density at radius 3 is 2.90 bits per heavy atom.